The van der Waals surface area contributed by atoms with Crippen molar-refractivity contribution in [3.63, 3.8) is 0 Å². The van der Waals surface area contributed by atoms with Crippen molar-refractivity contribution < 1.29 is 4.79 Å². The van der Waals surface area contributed by atoms with E-state index in [0.29, 0.717) is 5.75 Å². The first-order chi connectivity index (χ1) is 10.0. The molecule has 1 amide bonds. The van der Waals surface area contributed by atoms with Crippen molar-refractivity contribution in [3.05, 3.63) is 28.7 Å². The number of aryl methyl sites for hydroxylation is 4. The Morgan fingerprint density at radius 2 is 2.14 bits per heavy atom. The van der Waals surface area contributed by atoms with Crippen LogP contribution < -0.4 is 5.32 Å². The lowest BCUT2D eigenvalue weighted by atomic mass is 10.1. The van der Waals surface area contributed by atoms with Crippen LogP contribution in [0.2, 0.25) is 0 Å². The van der Waals surface area contributed by atoms with E-state index in [2.05, 4.69) is 28.6 Å². The van der Waals surface area contributed by atoms with Gasteiger partial charge in [-0.05, 0) is 20.8 Å². The lowest BCUT2D eigenvalue weighted by molar-refractivity contribution is -0.113. The molecule has 6 nitrogen and oxygen atoms in total. The first kappa shape index (κ1) is 14.2. The highest BCUT2D eigenvalue weighted by Crippen LogP contribution is 2.43. The molecule has 3 heterocycles. The highest BCUT2D eigenvalue weighted by molar-refractivity contribution is 8.00. The molecule has 0 bridgehead atoms. The standard InChI is InChI=1S/C14H19N5OS/c1-5-19-6-10(8(2)17-19)13-12-9(3)16-18(4)14(12)15-11(20)7-21-13/h6,13H,5,7H2,1-4H3,(H,15,20). The molecule has 3 rings (SSSR count). The van der Waals surface area contributed by atoms with Crippen LogP contribution in [-0.4, -0.2) is 31.2 Å². The molecule has 112 valence electrons. The number of anilines is 1. The highest BCUT2D eigenvalue weighted by atomic mass is 32.2. The van der Waals surface area contributed by atoms with Gasteiger partial charge in [-0.15, -0.1) is 11.8 Å². The Labute approximate surface area is 127 Å². The van der Waals surface area contributed by atoms with Gasteiger partial charge in [-0.2, -0.15) is 10.2 Å². The van der Waals surface area contributed by atoms with Crippen LogP contribution in [-0.2, 0) is 18.4 Å². The predicted molar refractivity (Wildman–Crippen MR) is 83.5 cm³/mol. The van der Waals surface area contributed by atoms with Gasteiger partial charge in [0.05, 0.1) is 22.4 Å². The van der Waals surface area contributed by atoms with Crippen LogP contribution in [0.4, 0.5) is 5.82 Å². The fourth-order valence-electron chi connectivity index (χ4n) is 2.75. The molecule has 1 N–H and O–H groups in total. The number of fused-ring (bicyclic) bond motifs is 1. The monoisotopic (exact) mass is 305 g/mol. The maximum absolute atomic E-state index is 11.9. The second-order valence-corrected chi connectivity index (χ2v) is 6.33. The summed E-state index contributed by atoms with van der Waals surface area (Å²) in [4.78, 5) is 11.9. The number of nitrogens with zero attached hydrogens (tertiary/aromatic N) is 4. The number of rotatable bonds is 2. The number of hydrogen-bond donors (Lipinski definition) is 1. The molecule has 1 aliphatic rings. The molecule has 1 unspecified atom stereocenters. The van der Waals surface area contributed by atoms with Crippen LogP contribution in [0.5, 0.6) is 0 Å². The Morgan fingerprint density at radius 3 is 2.81 bits per heavy atom. The Balaban J connectivity index is 2.14. The predicted octanol–water partition coefficient (Wildman–Crippen LogP) is 2.03. The van der Waals surface area contributed by atoms with Crippen molar-refractivity contribution in [1.29, 1.82) is 0 Å². The average Bonchev–Trinajstić information content (AvgIpc) is 2.86. The summed E-state index contributed by atoms with van der Waals surface area (Å²) in [7, 11) is 1.86. The molecule has 2 aromatic rings. The van der Waals surface area contributed by atoms with Crippen molar-refractivity contribution in [2.45, 2.75) is 32.6 Å². The molecule has 21 heavy (non-hydrogen) atoms. The van der Waals surface area contributed by atoms with E-state index in [1.165, 1.54) is 0 Å². The van der Waals surface area contributed by atoms with Crippen LogP contribution >= 0.6 is 11.8 Å². The van der Waals surface area contributed by atoms with Crippen molar-refractivity contribution in [2.24, 2.45) is 7.05 Å². The van der Waals surface area contributed by atoms with Crippen molar-refractivity contribution in [1.82, 2.24) is 19.6 Å². The van der Waals surface area contributed by atoms with Gasteiger partial charge in [0.1, 0.15) is 5.82 Å². The summed E-state index contributed by atoms with van der Waals surface area (Å²) >= 11 is 1.63. The number of thioether (sulfide) groups is 1. The molecule has 0 aliphatic carbocycles. The third-order valence-corrected chi connectivity index (χ3v) is 5.01. The van der Waals surface area contributed by atoms with E-state index in [4.69, 9.17) is 0 Å². The Kier molecular flexibility index (Phi) is 3.52. The molecule has 0 saturated carbocycles. The molecule has 0 saturated heterocycles. The minimum Gasteiger partial charge on any atom is -0.310 e. The SMILES string of the molecule is CCn1cc(C2SCC(=O)Nc3c2c(C)nn3C)c(C)n1. The van der Waals surface area contributed by atoms with E-state index in [-0.39, 0.29) is 11.2 Å². The Hall–Kier alpha value is -1.76. The number of carbonyl (C=O) groups is 1. The average molecular weight is 305 g/mol. The summed E-state index contributed by atoms with van der Waals surface area (Å²) in [6.07, 6.45) is 2.08. The third kappa shape index (κ3) is 2.35. The van der Waals surface area contributed by atoms with Gasteiger partial charge in [-0.3, -0.25) is 14.2 Å². The van der Waals surface area contributed by atoms with Gasteiger partial charge in [-0.25, -0.2) is 0 Å². The van der Waals surface area contributed by atoms with Crippen molar-refractivity contribution in [2.75, 3.05) is 11.1 Å². The summed E-state index contributed by atoms with van der Waals surface area (Å²) in [6.45, 7) is 6.92. The Bertz CT molecular complexity index is 703. The molecular weight excluding hydrogens is 286 g/mol. The maximum Gasteiger partial charge on any atom is 0.235 e. The van der Waals surface area contributed by atoms with Crippen LogP contribution in [0, 0.1) is 13.8 Å². The number of nitrogens with one attached hydrogen (secondary N) is 1. The quantitative estimate of drug-likeness (QED) is 0.922. The zero-order valence-corrected chi connectivity index (χ0v) is 13.5. The zero-order valence-electron chi connectivity index (χ0n) is 12.7. The van der Waals surface area contributed by atoms with Crippen molar-refractivity contribution in [3.8, 4) is 0 Å². The number of carbonyl (C=O) groups excluding carboxylic acids is 1. The summed E-state index contributed by atoms with van der Waals surface area (Å²) in [5.74, 6) is 1.26. The fraction of sp³-hybridized carbons (Fsp3) is 0.500. The molecule has 1 atom stereocenters. The molecule has 1 aliphatic heterocycles. The molecule has 7 heteroatoms. The van der Waals surface area contributed by atoms with Crippen molar-refractivity contribution >= 4 is 23.5 Å². The van der Waals surface area contributed by atoms with Gasteiger partial charge in [0.15, 0.2) is 0 Å². The summed E-state index contributed by atoms with van der Waals surface area (Å²) in [5.41, 5.74) is 4.22. The minimum atomic E-state index is 0.0206. The number of amides is 1. The van der Waals surface area contributed by atoms with E-state index in [1.54, 1.807) is 16.4 Å². The van der Waals surface area contributed by atoms with Crippen LogP contribution in [0.15, 0.2) is 6.20 Å². The molecule has 2 aromatic heterocycles. The second-order valence-electron chi connectivity index (χ2n) is 5.24. The van der Waals surface area contributed by atoms with Gasteiger partial charge < -0.3 is 5.32 Å². The van der Waals surface area contributed by atoms with E-state index < -0.39 is 0 Å². The van der Waals surface area contributed by atoms with Gasteiger partial charge in [-0.1, -0.05) is 0 Å². The smallest absolute Gasteiger partial charge is 0.235 e. The van der Waals surface area contributed by atoms with Crippen LogP contribution in [0.25, 0.3) is 0 Å². The minimum absolute atomic E-state index is 0.0206. The summed E-state index contributed by atoms with van der Waals surface area (Å²) in [6, 6.07) is 0. The normalized spacial score (nSPS) is 18.3. The topological polar surface area (TPSA) is 64.7 Å². The van der Waals surface area contributed by atoms with Gasteiger partial charge in [0, 0.05) is 30.9 Å². The molecule has 0 spiro atoms. The zero-order chi connectivity index (χ0) is 15.1. The first-order valence-corrected chi connectivity index (χ1v) is 8.05. The maximum atomic E-state index is 11.9. The molecular formula is C14H19N5OS. The summed E-state index contributed by atoms with van der Waals surface area (Å²) in [5, 5.41) is 12.1. The molecule has 0 radical (unpaired) electrons. The second kappa shape index (κ2) is 5.22. The molecule has 0 fully saturated rings. The van der Waals surface area contributed by atoms with Gasteiger partial charge in [0.25, 0.3) is 0 Å². The van der Waals surface area contributed by atoms with E-state index in [9.17, 15) is 4.79 Å². The van der Waals surface area contributed by atoms with Gasteiger partial charge >= 0.3 is 0 Å². The fourth-order valence-corrected chi connectivity index (χ4v) is 4.00. The number of hydrogen-bond acceptors (Lipinski definition) is 4. The molecule has 0 aromatic carbocycles. The first-order valence-electron chi connectivity index (χ1n) is 7.00. The van der Waals surface area contributed by atoms with E-state index in [0.717, 1.165) is 34.9 Å². The largest absolute Gasteiger partial charge is 0.310 e. The number of aromatic nitrogens is 4. The lowest BCUT2D eigenvalue weighted by Gasteiger charge is -2.13. The lowest BCUT2D eigenvalue weighted by Crippen LogP contribution is -2.15. The van der Waals surface area contributed by atoms with E-state index >= 15 is 0 Å². The highest BCUT2D eigenvalue weighted by Gasteiger charge is 2.31. The van der Waals surface area contributed by atoms with Crippen LogP contribution in [0.3, 0.4) is 0 Å². The van der Waals surface area contributed by atoms with E-state index in [1.807, 2.05) is 25.6 Å². The summed E-state index contributed by atoms with van der Waals surface area (Å²) < 4.78 is 3.69. The van der Waals surface area contributed by atoms with Gasteiger partial charge in [0.2, 0.25) is 5.91 Å². The third-order valence-electron chi connectivity index (χ3n) is 3.76. The van der Waals surface area contributed by atoms with Crippen LogP contribution in [0.1, 0.15) is 34.7 Å². The Morgan fingerprint density at radius 1 is 1.38 bits per heavy atom.